The number of hydrogen-bond acceptors (Lipinski definition) is 2. The van der Waals surface area contributed by atoms with Crippen LogP contribution in [0.3, 0.4) is 0 Å². The quantitative estimate of drug-likeness (QED) is 0.683. The average molecular weight is 364 g/mol. The Labute approximate surface area is 161 Å². The molecule has 2 aliphatic rings. The first-order valence-corrected chi connectivity index (χ1v) is 10.0. The number of carboxylic acids is 1. The van der Waals surface area contributed by atoms with Gasteiger partial charge in [0, 0.05) is 5.92 Å². The number of benzene rings is 2. The maximum Gasteiger partial charge on any atom is 0.306 e. The van der Waals surface area contributed by atoms with E-state index >= 15 is 0 Å². The summed E-state index contributed by atoms with van der Waals surface area (Å²) in [5.74, 6) is 1.57. The third kappa shape index (κ3) is 4.18. The van der Waals surface area contributed by atoms with Crippen LogP contribution in [-0.2, 0) is 4.79 Å². The van der Waals surface area contributed by atoms with E-state index in [0.717, 1.165) is 30.8 Å². The minimum absolute atomic E-state index is 0.0898. The lowest BCUT2D eigenvalue weighted by Gasteiger charge is -2.21. The Kier molecular flexibility index (Phi) is 4.94. The zero-order chi connectivity index (χ0) is 19.0. The third-order valence-corrected chi connectivity index (χ3v) is 6.16. The second-order valence-electron chi connectivity index (χ2n) is 8.39. The van der Waals surface area contributed by atoms with E-state index in [2.05, 4.69) is 43.3 Å². The topological polar surface area (TPSA) is 46.5 Å². The maximum atomic E-state index is 11.5. The van der Waals surface area contributed by atoms with Gasteiger partial charge in [0.2, 0.25) is 0 Å². The summed E-state index contributed by atoms with van der Waals surface area (Å²) in [5.41, 5.74) is 3.84. The van der Waals surface area contributed by atoms with Gasteiger partial charge in [-0.3, -0.25) is 4.79 Å². The number of aryl methyl sites for hydroxylation is 1. The van der Waals surface area contributed by atoms with E-state index < -0.39 is 5.97 Å². The molecule has 4 rings (SSSR count). The predicted octanol–water partition coefficient (Wildman–Crippen LogP) is 5.39. The van der Waals surface area contributed by atoms with Crippen LogP contribution in [0.25, 0.3) is 0 Å². The normalized spacial score (nSPS) is 23.5. The highest BCUT2D eigenvalue weighted by Gasteiger charge is 2.40. The number of rotatable bonds is 8. The Morgan fingerprint density at radius 3 is 2.67 bits per heavy atom. The SMILES string of the molecule is Cc1cccc([C@H]2C[C@@H]2COc2cccc([C@H](C3CC3)[C@H](C)C(=O)O)c2)c1. The van der Waals surface area contributed by atoms with Crippen molar-refractivity contribution in [2.24, 2.45) is 17.8 Å². The summed E-state index contributed by atoms with van der Waals surface area (Å²) in [4.78, 5) is 11.5. The van der Waals surface area contributed by atoms with E-state index in [9.17, 15) is 9.90 Å². The number of carboxylic acid groups (broad SMARTS) is 1. The lowest BCUT2D eigenvalue weighted by atomic mass is 9.83. The molecule has 2 aromatic rings. The van der Waals surface area contributed by atoms with Gasteiger partial charge in [0.05, 0.1) is 12.5 Å². The van der Waals surface area contributed by atoms with Crippen LogP contribution in [0.4, 0.5) is 0 Å². The Hall–Kier alpha value is -2.29. The molecule has 1 N–H and O–H groups in total. The van der Waals surface area contributed by atoms with Gasteiger partial charge in [-0.25, -0.2) is 0 Å². The molecule has 0 heterocycles. The van der Waals surface area contributed by atoms with Crippen molar-refractivity contribution in [3.05, 3.63) is 65.2 Å². The fourth-order valence-electron chi connectivity index (χ4n) is 4.33. The number of hydrogen-bond donors (Lipinski definition) is 1. The Morgan fingerprint density at radius 1 is 1.19 bits per heavy atom. The maximum absolute atomic E-state index is 11.5. The molecule has 27 heavy (non-hydrogen) atoms. The summed E-state index contributed by atoms with van der Waals surface area (Å²) >= 11 is 0. The first-order valence-electron chi connectivity index (χ1n) is 10.0. The van der Waals surface area contributed by atoms with E-state index in [1.165, 1.54) is 17.5 Å². The highest BCUT2D eigenvalue weighted by molar-refractivity contribution is 5.71. The highest BCUT2D eigenvalue weighted by atomic mass is 16.5. The summed E-state index contributed by atoms with van der Waals surface area (Å²) in [5, 5.41) is 9.47. The second kappa shape index (κ2) is 7.38. The first kappa shape index (κ1) is 18.1. The fraction of sp³-hybridized carbons (Fsp3) is 0.458. The van der Waals surface area contributed by atoms with Crippen LogP contribution in [0.15, 0.2) is 48.5 Å². The molecule has 3 heteroatoms. The molecule has 0 bridgehead atoms. The molecule has 3 nitrogen and oxygen atoms in total. The zero-order valence-electron chi connectivity index (χ0n) is 16.1. The van der Waals surface area contributed by atoms with Crippen molar-refractivity contribution < 1.29 is 14.6 Å². The summed E-state index contributed by atoms with van der Waals surface area (Å²) < 4.78 is 6.10. The molecule has 0 aliphatic heterocycles. The van der Waals surface area contributed by atoms with Crippen molar-refractivity contribution in [1.82, 2.24) is 0 Å². The molecule has 0 aromatic heterocycles. The van der Waals surface area contributed by atoms with Gasteiger partial charge < -0.3 is 9.84 Å². The molecule has 2 saturated carbocycles. The largest absolute Gasteiger partial charge is 0.493 e. The van der Waals surface area contributed by atoms with Gasteiger partial charge in [-0.05, 0) is 67.2 Å². The van der Waals surface area contributed by atoms with Crippen LogP contribution in [0, 0.1) is 24.7 Å². The molecule has 2 fully saturated rings. The lowest BCUT2D eigenvalue weighted by Crippen LogP contribution is -2.20. The fourth-order valence-corrected chi connectivity index (χ4v) is 4.33. The van der Waals surface area contributed by atoms with Gasteiger partial charge in [-0.15, -0.1) is 0 Å². The Morgan fingerprint density at radius 2 is 1.96 bits per heavy atom. The molecular formula is C24H28O3. The summed E-state index contributed by atoms with van der Waals surface area (Å²) in [6.07, 6.45) is 3.45. The van der Waals surface area contributed by atoms with Crippen molar-refractivity contribution in [2.75, 3.05) is 6.61 Å². The van der Waals surface area contributed by atoms with Crippen LogP contribution in [0.2, 0.25) is 0 Å². The van der Waals surface area contributed by atoms with Gasteiger partial charge in [-0.2, -0.15) is 0 Å². The second-order valence-corrected chi connectivity index (χ2v) is 8.39. The molecule has 2 aromatic carbocycles. The molecule has 4 atom stereocenters. The Balaban J connectivity index is 1.39. The van der Waals surface area contributed by atoms with E-state index in [-0.39, 0.29) is 11.8 Å². The van der Waals surface area contributed by atoms with Gasteiger partial charge in [-0.1, -0.05) is 48.9 Å². The van der Waals surface area contributed by atoms with E-state index in [1.807, 2.05) is 19.1 Å². The molecule has 2 aliphatic carbocycles. The molecule has 0 saturated heterocycles. The molecule has 0 unspecified atom stereocenters. The molecule has 142 valence electrons. The highest BCUT2D eigenvalue weighted by Crippen LogP contribution is 2.49. The smallest absolute Gasteiger partial charge is 0.306 e. The minimum Gasteiger partial charge on any atom is -0.493 e. The lowest BCUT2D eigenvalue weighted by molar-refractivity contribution is -0.142. The van der Waals surface area contributed by atoms with E-state index in [4.69, 9.17) is 4.74 Å². The van der Waals surface area contributed by atoms with Crippen LogP contribution in [0.5, 0.6) is 5.75 Å². The monoisotopic (exact) mass is 364 g/mol. The van der Waals surface area contributed by atoms with E-state index in [1.54, 1.807) is 0 Å². The summed E-state index contributed by atoms with van der Waals surface area (Å²) in [7, 11) is 0. The predicted molar refractivity (Wildman–Crippen MR) is 106 cm³/mol. The van der Waals surface area contributed by atoms with Crippen molar-refractivity contribution in [3.8, 4) is 5.75 Å². The Bertz CT molecular complexity index is 824. The van der Waals surface area contributed by atoms with Crippen molar-refractivity contribution in [1.29, 1.82) is 0 Å². The summed E-state index contributed by atoms with van der Waals surface area (Å²) in [6.45, 7) is 4.69. The summed E-state index contributed by atoms with van der Waals surface area (Å²) in [6, 6.07) is 16.9. The van der Waals surface area contributed by atoms with Crippen molar-refractivity contribution in [3.63, 3.8) is 0 Å². The first-order chi connectivity index (χ1) is 13.0. The number of carbonyl (C=O) groups is 1. The van der Waals surface area contributed by atoms with Gasteiger partial charge >= 0.3 is 5.97 Å². The molecule has 0 spiro atoms. The third-order valence-electron chi connectivity index (χ3n) is 6.16. The van der Waals surface area contributed by atoms with Crippen LogP contribution >= 0.6 is 0 Å². The van der Waals surface area contributed by atoms with Gasteiger partial charge in [0.25, 0.3) is 0 Å². The molecule has 0 amide bonds. The van der Waals surface area contributed by atoms with Crippen LogP contribution in [-0.4, -0.2) is 17.7 Å². The van der Waals surface area contributed by atoms with E-state index in [0.29, 0.717) is 17.8 Å². The minimum atomic E-state index is -0.711. The molecule has 0 radical (unpaired) electrons. The van der Waals surface area contributed by atoms with Gasteiger partial charge in [0.1, 0.15) is 5.75 Å². The van der Waals surface area contributed by atoms with Crippen molar-refractivity contribution in [2.45, 2.75) is 44.9 Å². The standard InChI is InChI=1S/C24H28O3/c1-15-5-3-6-18(11-15)22-13-20(22)14-27-21-8-4-7-19(12-21)23(17-9-10-17)16(2)24(25)26/h3-8,11-12,16-17,20,22-23H,9-10,13-14H2,1-2H3,(H,25,26)/t16-,20+,22+,23-/m0/s1. The zero-order valence-corrected chi connectivity index (χ0v) is 16.1. The number of aliphatic carboxylic acids is 1. The molecular weight excluding hydrogens is 336 g/mol. The van der Waals surface area contributed by atoms with Crippen molar-refractivity contribution >= 4 is 5.97 Å². The average Bonchev–Trinajstić information content (AvgIpc) is 3.55. The van der Waals surface area contributed by atoms with Crippen LogP contribution in [0.1, 0.15) is 54.7 Å². The van der Waals surface area contributed by atoms with Gasteiger partial charge in [0.15, 0.2) is 0 Å². The van der Waals surface area contributed by atoms with Crippen LogP contribution < -0.4 is 4.74 Å². The number of ether oxygens (including phenoxy) is 1.